The number of carbonyl (C=O) groups is 2. The molecule has 1 heterocycles. The zero-order chi connectivity index (χ0) is 16.4. The van der Waals surface area contributed by atoms with Crippen LogP contribution in [0, 0.1) is 11.7 Å². The SMILES string of the molecule is CC(NC(=O)N1CCC(C(=O)O)C1)c1cc(F)c(Cl)cc1Cl. The summed E-state index contributed by atoms with van der Waals surface area (Å²) in [6.07, 6.45) is 0.424. The average Bonchev–Trinajstić information content (AvgIpc) is 2.92. The van der Waals surface area contributed by atoms with Gasteiger partial charge < -0.3 is 15.3 Å². The highest BCUT2D eigenvalue weighted by Crippen LogP contribution is 2.29. The number of halogens is 3. The summed E-state index contributed by atoms with van der Waals surface area (Å²) in [6.45, 7) is 2.20. The molecular weight excluding hydrogens is 334 g/mol. The Morgan fingerprint density at radius 3 is 2.68 bits per heavy atom. The van der Waals surface area contributed by atoms with Crippen LogP contribution < -0.4 is 5.32 Å². The smallest absolute Gasteiger partial charge is 0.317 e. The van der Waals surface area contributed by atoms with E-state index < -0.39 is 29.8 Å². The summed E-state index contributed by atoms with van der Waals surface area (Å²) in [5, 5.41) is 11.8. The number of nitrogens with zero attached hydrogens (tertiary/aromatic N) is 1. The fourth-order valence-electron chi connectivity index (χ4n) is 2.37. The molecule has 0 spiro atoms. The van der Waals surface area contributed by atoms with Gasteiger partial charge in [-0.2, -0.15) is 0 Å². The van der Waals surface area contributed by atoms with Gasteiger partial charge in [0.05, 0.1) is 17.0 Å². The molecule has 0 aromatic heterocycles. The predicted molar refractivity (Wildman–Crippen MR) is 80.7 cm³/mol. The number of aliphatic carboxylic acids is 1. The lowest BCUT2D eigenvalue weighted by Crippen LogP contribution is -2.40. The highest BCUT2D eigenvalue weighted by atomic mass is 35.5. The van der Waals surface area contributed by atoms with Gasteiger partial charge in [0.2, 0.25) is 0 Å². The maximum absolute atomic E-state index is 13.5. The molecule has 1 saturated heterocycles. The Bertz CT molecular complexity index is 612. The molecule has 0 radical (unpaired) electrons. The van der Waals surface area contributed by atoms with E-state index in [-0.39, 0.29) is 16.6 Å². The Kier molecular flexibility index (Phi) is 5.13. The third-order valence-electron chi connectivity index (χ3n) is 3.67. The van der Waals surface area contributed by atoms with E-state index in [1.165, 1.54) is 17.0 Å². The van der Waals surface area contributed by atoms with Crippen molar-refractivity contribution in [2.24, 2.45) is 5.92 Å². The summed E-state index contributed by atoms with van der Waals surface area (Å²) in [5.41, 5.74) is 0.408. The lowest BCUT2D eigenvalue weighted by Gasteiger charge is -2.21. The summed E-state index contributed by atoms with van der Waals surface area (Å²) < 4.78 is 13.5. The van der Waals surface area contributed by atoms with Crippen molar-refractivity contribution in [1.29, 1.82) is 0 Å². The number of likely N-dealkylation sites (tertiary alicyclic amines) is 1. The van der Waals surface area contributed by atoms with Crippen molar-refractivity contribution in [3.8, 4) is 0 Å². The summed E-state index contributed by atoms with van der Waals surface area (Å²) >= 11 is 11.6. The Labute approximate surface area is 137 Å². The molecule has 2 atom stereocenters. The van der Waals surface area contributed by atoms with E-state index in [2.05, 4.69) is 5.32 Å². The van der Waals surface area contributed by atoms with Crippen LogP contribution in [0.1, 0.15) is 24.9 Å². The van der Waals surface area contributed by atoms with Crippen LogP contribution in [0.15, 0.2) is 12.1 Å². The molecular formula is C14H15Cl2FN2O3. The van der Waals surface area contributed by atoms with E-state index in [4.69, 9.17) is 28.3 Å². The molecule has 0 aliphatic carbocycles. The molecule has 1 aromatic rings. The monoisotopic (exact) mass is 348 g/mol. The molecule has 2 N–H and O–H groups in total. The number of hydrogen-bond acceptors (Lipinski definition) is 2. The van der Waals surface area contributed by atoms with Gasteiger partial charge in [-0.25, -0.2) is 9.18 Å². The lowest BCUT2D eigenvalue weighted by atomic mass is 10.1. The van der Waals surface area contributed by atoms with Crippen molar-refractivity contribution >= 4 is 35.2 Å². The largest absolute Gasteiger partial charge is 0.481 e. The minimum Gasteiger partial charge on any atom is -0.481 e. The average molecular weight is 349 g/mol. The van der Waals surface area contributed by atoms with Gasteiger partial charge in [-0.05, 0) is 31.0 Å². The molecule has 0 bridgehead atoms. The molecule has 2 unspecified atom stereocenters. The zero-order valence-corrected chi connectivity index (χ0v) is 13.3. The van der Waals surface area contributed by atoms with E-state index in [1.54, 1.807) is 6.92 Å². The molecule has 2 rings (SSSR count). The van der Waals surface area contributed by atoms with Gasteiger partial charge in [-0.15, -0.1) is 0 Å². The Hall–Kier alpha value is -1.53. The molecule has 120 valence electrons. The molecule has 1 aliphatic heterocycles. The first-order valence-corrected chi connectivity index (χ1v) is 7.48. The lowest BCUT2D eigenvalue weighted by molar-refractivity contribution is -0.141. The van der Waals surface area contributed by atoms with Crippen molar-refractivity contribution in [3.05, 3.63) is 33.6 Å². The van der Waals surface area contributed by atoms with Crippen LogP contribution in [0.2, 0.25) is 10.0 Å². The number of carboxylic acid groups (broad SMARTS) is 1. The normalized spacial score (nSPS) is 19.1. The topological polar surface area (TPSA) is 69.6 Å². The molecule has 8 heteroatoms. The second kappa shape index (κ2) is 6.71. The van der Waals surface area contributed by atoms with Crippen molar-refractivity contribution in [1.82, 2.24) is 10.2 Å². The van der Waals surface area contributed by atoms with E-state index in [0.29, 0.717) is 18.5 Å². The predicted octanol–water partition coefficient (Wildman–Crippen LogP) is 3.31. The van der Waals surface area contributed by atoms with Gasteiger partial charge in [-0.3, -0.25) is 4.79 Å². The number of urea groups is 1. The minimum absolute atomic E-state index is 0.0869. The van der Waals surface area contributed by atoms with Gasteiger partial charge in [0, 0.05) is 18.1 Å². The second-order valence-corrected chi connectivity index (χ2v) is 6.04. The summed E-state index contributed by atoms with van der Waals surface area (Å²) in [5.74, 6) is -2.07. The van der Waals surface area contributed by atoms with Gasteiger partial charge in [0.15, 0.2) is 0 Å². The van der Waals surface area contributed by atoms with Crippen LogP contribution in [0.3, 0.4) is 0 Å². The molecule has 1 aromatic carbocycles. The number of amides is 2. The standard InChI is InChI=1S/C14H15Cl2FN2O3/c1-7(9-4-12(17)11(16)5-10(9)15)18-14(22)19-3-2-8(6-19)13(20)21/h4-5,7-8H,2-3,6H2,1H3,(H,18,22)(H,20,21). The number of rotatable bonds is 3. The first kappa shape index (κ1) is 16.8. The van der Waals surface area contributed by atoms with E-state index in [0.717, 1.165) is 0 Å². The zero-order valence-electron chi connectivity index (χ0n) is 11.8. The van der Waals surface area contributed by atoms with Crippen LogP contribution in [0.4, 0.5) is 9.18 Å². The van der Waals surface area contributed by atoms with Crippen LogP contribution in [0.5, 0.6) is 0 Å². The van der Waals surface area contributed by atoms with Gasteiger partial charge in [-0.1, -0.05) is 23.2 Å². The van der Waals surface area contributed by atoms with Crippen molar-refractivity contribution in [3.63, 3.8) is 0 Å². The van der Waals surface area contributed by atoms with Crippen molar-refractivity contribution < 1.29 is 19.1 Å². The number of carboxylic acids is 1. The molecule has 2 amide bonds. The molecule has 1 fully saturated rings. The quantitative estimate of drug-likeness (QED) is 0.823. The fraction of sp³-hybridized carbons (Fsp3) is 0.429. The van der Waals surface area contributed by atoms with Crippen LogP contribution in [-0.4, -0.2) is 35.1 Å². The third-order valence-corrected chi connectivity index (χ3v) is 4.29. The first-order valence-electron chi connectivity index (χ1n) is 6.72. The van der Waals surface area contributed by atoms with Gasteiger partial charge in [0.1, 0.15) is 5.82 Å². The third kappa shape index (κ3) is 3.62. The molecule has 22 heavy (non-hydrogen) atoms. The van der Waals surface area contributed by atoms with Crippen LogP contribution >= 0.6 is 23.2 Å². The Balaban J connectivity index is 2.03. The first-order chi connectivity index (χ1) is 10.3. The maximum Gasteiger partial charge on any atom is 0.317 e. The van der Waals surface area contributed by atoms with Crippen LogP contribution in [0.25, 0.3) is 0 Å². The van der Waals surface area contributed by atoms with E-state index in [9.17, 15) is 14.0 Å². The van der Waals surface area contributed by atoms with Crippen molar-refractivity contribution in [2.75, 3.05) is 13.1 Å². The van der Waals surface area contributed by atoms with E-state index >= 15 is 0 Å². The fourth-order valence-corrected chi connectivity index (χ4v) is 2.92. The van der Waals surface area contributed by atoms with Gasteiger partial charge >= 0.3 is 12.0 Å². The minimum atomic E-state index is -0.911. The summed E-state index contributed by atoms with van der Waals surface area (Å²) in [6, 6.07) is 1.53. The number of hydrogen-bond donors (Lipinski definition) is 2. The van der Waals surface area contributed by atoms with E-state index in [1.807, 2.05) is 0 Å². The van der Waals surface area contributed by atoms with Crippen molar-refractivity contribution in [2.45, 2.75) is 19.4 Å². The molecule has 1 aliphatic rings. The summed E-state index contributed by atoms with van der Waals surface area (Å²) in [4.78, 5) is 24.4. The molecule has 0 saturated carbocycles. The Morgan fingerprint density at radius 1 is 1.41 bits per heavy atom. The Morgan fingerprint density at radius 2 is 2.09 bits per heavy atom. The number of benzene rings is 1. The molecule has 5 nitrogen and oxygen atoms in total. The highest BCUT2D eigenvalue weighted by Gasteiger charge is 2.31. The number of carbonyl (C=O) groups excluding carboxylic acids is 1. The van der Waals surface area contributed by atoms with Crippen LogP contribution in [-0.2, 0) is 4.79 Å². The van der Waals surface area contributed by atoms with Gasteiger partial charge in [0.25, 0.3) is 0 Å². The second-order valence-electron chi connectivity index (χ2n) is 5.23. The summed E-state index contributed by atoms with van der Waals surface area (Å²) in [7, 11) is 0. The maximum atomic E-state index is 13.5. The number of nitrogens with one attached hydrogen (secondary N) is 1. The highest BCUT2D eigenvalue weighted by molar-refractivity contribution is 6.35.